The number of alkyl halides is 2. The van der Waals surface area contributed by atoms with E-state index in [-0.39, 0.29) is 0 Å². The molecule has 0 aromatic carbocycles. The normalized spacial score (nSPS) is 36.6. The van der Waals surface area contributed by atoms with E-state index in [1.807, 2.05) is 0 Å². The highest BCUT2D eigenvalue weighted by atomic mass is 35.5. The molecule has 0 spiro atoms. The molecule has 0 aliphatic heterocycles. The molecule has 0 aromatic rings. The second-order valence-corrected chi connectivity index (χ2v) is 4.30. The van der Waals surface area contributed by atoms with E-state index in [1.54, 1.807) is 0 Å². The molecule has 0 radical (unpaired) electrons. The van der Waals surface area contributed by atoms with Crippen molar-refractivity contribution >= 4 is 23.2 Å². The molecule has 2 unspecified atom stereocenters. The van der Waals surface area contributed by atoms with E-state index in [1.165, 1.54) is 19.3 Å². The molecule has 1 rings (SSSR count). The van der Waals surface area contributed by atoms with Crippen LogP contribution in [0.3, 0.4) is 0 Å². The Bertz CT molecular complexity index is 83.3. The van der Waals surface area contributed by atoms with Gasteiger partial charge in [0.05, 0.1) is 0 Å². The molecule has 0 aromatic heterocycles. The molecule has 10 heavy (non-hydrogen) atoms. The summed E-state index contributed by atoms with van der Waals surface area (Å²) >= 11 is 12.0. The highest BCUT2D eigenvalue weighted by Crippen LogP contribution is 2.24. The van der Waals surface area contributed by atoms with E-state index in [9.17, 15) is 0 Å². The molecule has 1 saturated carbocycles. The predicted octanol–water partition coefficient (Wildman–Crippen LogP) is 3.56. The maximum Gasteiger partial charge on any atom is 0.0350 e. The second-order valence-electron chi connectivity index (χ2n) is 3.07. The maximum atomic E-state index is 6.00. The monoisotopic (exact) mass is 180 g/mol. The molecule has 0 heterocycles. The Labute approximate surface area is 72.9 Å². The van der Waals surface area contributed by atoms with Gasteiger partial charge >= 0.3 is 0 Å². The number of rotatable bonds is 0. The zero-order valence-corrected chi connectivity index (χ0v) is 7.67. The molecule has 2 atom stereocenters. The summed E-state index contributed by atoms with van der Waals surface area (Å²) in [5, 5.41) is 0.672. The Balaban J connectivity index is 2.25. The molecule has 60 valence electrons. The molecule has 2 heteroatoms. The van der Waals surface area contributed by atoms with Crippen molar-refractivity contribution in [2.45, 2.75) is 49.3 Å². The summed E-state index contributed by atoms with van der Waals surface area (Å²) in [5.74, 6) is 0. The van der Waals surface area contributed by atoms with Crippen LogP contribution in [0.4, 0.5) is 0 Å². The lowest BCUT2D eigenvalue weighted by Crippen LogP contribution is -2.11. The quantitative estimate of drug-likeness (QED) is 0.501. The Kier molecular flexibility index (Phi) is 3.87. The zero-order chi connectivity index (χ0) is 7.40. The van der Waals surface area contributed by atoms with Gasteiger partial charge in [-0.2, -0.15) is 0 Å². The van der Waals surface area contributed by atoms with Gasteiger partial charge in [-0.1, -0.05) is 19.3 Å². The average molecular weight is 181 g/mol. The van der Waals surface area contributed by atoms with Crippen molar-refractivity contribution in [2.24, 2.45) is 0 Å². The molecule has 1 fully saturated rings. The van der Waals surface area contributed by atoms with Crippen LogP contribution in [0.2, 0.25) is 0 Å². The van der Waals surface area contributed by atoms with E-state index in [0.29, 0.717) is 10.8 Å². The molecule has 0 N–H and O–H groups in total. The number of halogens is 2. The van der Waals surface area contributed by atoms with Crippen LogP contribution in [0.5, 0.6) is 0 Å². The average Bonchev–Trinajstić information content (AvgIpc) is 1.83. The fraction of sp³-hybridized carbons (Fsp3) is 1.00. The van der Waals surface area contributed by atoms with Crippen molar-refractivity contribution in [1.29, 1.82) is 0 Å². The first-order valence-corrected chi connectivity index (χ1v) is 4.94. The summed E-state index contributed by atoms with van der Waals surface area (Å²) in [6.45, 7) is 0. The second kappa shape index (κ2) is 4.46. The van der Waals surface area contributed by atoms with Crippen LogP contribution >= 0.6 is 23.2 Å². The third-order valence-electron chi connectivity index (χ3n) is 2.05. The lowest BCUT2D eigenvalue weighted by Gasteiger charge is -2.17. The fourth-order valence-electron chi connectivity index (χ4n) is 1.42. The van der Waals surface area contributed by atoms with Gasteiger partial charge in [0.15, 0.2) is 0 Å². The Morgan fingerprint density at radius 1 is 0.800 bits per heavy atom. The SMILES string of the molecule is ClC1CCCCCC(Cl)C1. The van der Waals surface area contributed by atoms with Crippen LogP contribution in [0.25, 0.3) is 0 Å². The summed E-state index contributed by atoms with van der Waals surface area (Å²) in [6, 6.07) is 0. The summed E-state index contributed by atoms with van der Waals surface area (Å²) < 4.78 is 0. The van der Waals surface area contributed by atoms with Gasteiger partial charge in [0.25, 0.3) is 0 Å². The molecular weight excluding hydrogens is 167 g/mol. The van der Waals surface area contributed by atoms with Gasteiger partial charge in [-0.3, -0.25) is 0 Å². The topological polar surface area (TPSA) is 0 Å². The van der Waals surface area contributed by atoms with E-state index >= 15 is 0 Å². The standard InChI is InChI=1S/C8H14Cl2/c9-7-4-2-1-3-5-8(10)6-7/h7-8H,1-6H2. The summed E-state index contributed by atoms with van der Waals surface area (Å²) in [6.07, 6.45) is 7.21. The van der Waals surface area contributed by atoms with Crippen LogP contribution in [-0.2, 0) is 0 Å². The van der Waals surface area contributed by atoms with E-state index in [4.69, 9.17) is 23.2 Å². The van der Waals surface area contributed by atoms with Gasteiger partial charge in [-0.15, -0.1) is 23.2 Å². The molecule has 0 bridgehead atoms. The van der Waals surface area contributed by atoms with Gasteiger partial charge < -0.3 is 0 Å². The minimum atomic E-state index is 0.336. The van der Waals surface area contributed by atoms with Gasteiger partial charge in [0.1, 0.15) is 0 Å². The van der Waals surface area contributed by atoms with Gasteiger partial charge in [-0.05, 0) is 19.3 Å². The van der Waals surface area contributed by atoms with Crippen molar-refractivity contribution in [3.05, 3.63) is 0 Å². The Morgan fingerprint density at radius 2 is 1.30 bits per heavy atom. The van der Waals surface area contributed by atoms with Crippen LogP contribution in [-0.4, -0.2) is 10.8 Å². The third-order valence-corrected chi connectivity index (χ3v) is 2.84. The number of hydrogen-bond donors (Lipinski definition) is 0. The van der Waals surface area contributed by atoms with Crippen LogP contribution in [0.15, 0.2) is 0 Å². The van der Waals surface area contributed by atoms with Crippen molar-refractivity contribution < 1.29 is 0 Å². The van der Waals surface area contributed by atoms with E-state index < -0.39 is 0 Å². The van der Waals surface area contributed by atoms with Gasteiger partial charge in [-0.25, -0.2) is 0 Å². The summed E-state index contributed by atoms with van der Waals surface area (Å²) in [5.41, 5.74) is 0. The van der Waals surface area contributed by atoms with Gasteiger partial charge in [0, 0.05) is 10.8 Å². The zero-order valence-electron chi connectivity index (χ0n) is 6.15. The molecular formula is C8H14Cl2. The minimum Gasteiger partial charge on any atom is -0.123 e. The van der Waals surface area contributed by atoms with Crippen molar-refractivity contribution in [1.82, 2.24) is 0 Å². The number of hydrogen-bond acceptors (Lipinski definition) is 0. The molecule has 1 aliphatic carbocycles. The van der Waals surface area contributed by atoms with Crippen LogP contribution < -0.4 is 0 Å². The molecule has 0 nitrogen and oxygen atoms in total. The Morgan fingerprint density at radius 3 is 1.80 bits per heavy atom. The largest absolute Gasteiger partial charge is 0.123 e. The minimum absolute atomic E-state index is 0.336. The van der Waals surface area contributed by atoms with E-state index in [2.05, 4.69) is 0 Å². The first-order valence-electron chi connectivity index (χ1n) is 4.07. The summed E-state index contributed by atoms with van der Waals surface area (Å²) in [4.78, 5) is 0. The molecule has 0 amide bonds. The van der Waals surface area contributed by atoms with Crippen molar-refractivity contribution in [3.63, 3.8) is 0 Å². The Hall–Kier alpha value is 0.580. The van der Waals surface area contributed by atoms with Crippen LogP contribution in [0.1, 0.15) is 38.5 Å². The highest BCUT2D eigenvalue weighted by Gasteiger charge is 2.14. The fourth-order valence-corrected chi connectivity index (χ4v) is 2.25. The first-order chi connectivity index (χ1) is 4.79. The highest BCUT2D eigenvalue weighted by molar-refractivity contribution is 6.23. The van der Waals surface area contributed by atoms with E-state index in [0.717, 1.165) is 19.3 Å². The summed E-state index contributed by atoms with van der Waals surface area (Å²) in [7, 11) is 0. The first kappa shape index (κ1) is 8.67. The lowest BCUT2D eigenvalue weighted by molar-refractivity contribution is 0.514. The lowest BCUT2D eigenvalue weighted by atomic mass is 10.0. The predicted molar refractivity (Wildman–Crippen MR) is 47.0 cm³/mol. The van der Waals surface area contributed by atoms with Crippen molar-refractivity contribution in [3.8, 4) is 0 Å². The van der Waals surface area contributed by atoms with Gasteiger partial charge in [0.2, 0.25) is 0 Å². The maximum absolute atomic E-state index is 6.00. The molecule has 1 aliphatic rings. The van der Waals surface area contributed by atoms with Crippen molar-refractivity contribution in [2.75, 3.05) is 0 Å². The molecule has 0 saturated heterocycles. The third kappa shape index (κ3) is 3.12. The van der Waals surface area contributed by atoms with Crippen LogP contribution in [0, 0.1) is 0 Å². The smallest absolute Gasteiger partial charge is 0.0350 e.